The summed E-state index contributed by atoms with van der Waals surface area (Å²) in [7, 11) is 1.62. The molecule has 29 heavy (non-hydrogen) atoms. The van der Waals surface area contributed by atoms with Crippen LogP contribution in [-0.2, 0) is 4.74 Å². The van der Waals surface area contributed by atoms with Crippen molar-refractivity contribution >= 4 is 39.2 Å². The molecule has 0 saturated heterocycles. The molecule has 0 spiro atoms. The Morgan fingerprint density at radius 3 is 2.79 bits per heavy atom. The molecule has 0 bridgehead atoms. The zero-order valence-electron chi connectivity index (χ0n) is 16.5. The molecule has 8 heteroatoms. The van der Waals surface area contributed by atoms with Crippen LogP contribution in [0.3, 0.4) is 0 Å². The van der Waals surface area contributed by atoms with Gasteiger partial charge in [-0.05, 0) is 38.1 Å². The normalized spacial score (nSPS) is 11.6. The number of amides is 1. The van der Waals surface area contributed by atoms with Crippen LogP contribution < -0.4 is 5.56 Å². The molecule has 150 valence electrons. The number of hydrogen-bond acceptors (Lipinski definition) is 5. The van der Waals surface area contributed by atoms with Gasteiger partial charge < -0.3 is 19.6 Å². The quantitative estimate of drug-likeness (QED) is 0.508. The molecule has 0 saturated carbocycles. The van der Waals surface area contributed by atoms with Crippen LogP contribution in [0.1, 0.15) is 24.2 Å². The molecule has 0 aliphatic rings. The van der Waals surface area contributed by atoms with E-state index in [0.717, 1.165) is 21.9 Å². The Morgan fingerprint density at radius 1 is 1.21 bits per heavy atom. The third kappa shape index (κ3) is 3.68. The topological polar surface area (TPSA) is 91.1 Å². The largest absolute Gasteiger partial charge is 0.383 e. The van der Waals surface area contributed by atoms with Gasteiger partial charge in [0.15, 0.2) is 5.69 Å². The average molecular weight is 410 g/mol. The second-order valence-corrected chi connectivity index (χ2v) is 7.90. The van der Waals surface area contributed by atoms with E-state index in [9.17, 15) is 9.59 Å². The van der Waals surface area contributed by atoms with E-state index in [0.29, 0.717) is 30.1 Å². The van der Waals surface area contributed by atoms with Gasteiger partial charge in [0.05, 0.1) is 23.3 Å². The van der Waals surface area contributed by atoms with Gasteiger partial charge in [0, 0.05) is 46.9 Å². The summed E-state index contributed by atoms with van der Waals surface area (Å²) in [4.78, 5) is 37.8. The monoisotopic (exact) mass is 410 g/mol. The number of H-pyrrole nitrogens is 2. The van der Waals surface area contributed by atoms with Crippen LogP contribution >= 0.6 is 11.3 Å². The van der Waals surface area contributed by atoms with Gasteiger partial charge in [-0.2, -0.15) is 0 Å². The van der Waals surface area contributed by atoms with Gasteiger partial charge in [-0.1, -0.05) is 0 Å². The van der Waals surface area contributed by atoms with E-state index in [4.69, 9.17) is 4.74 Å². The highest BCUT2D eigenvalue weighted by atomic mass is 32.1. The van der Waals surface area contributed by atoms with E-state index >= 15 is 0 Å². The highest BCUT2D eigenvalue weighted by molar-refractivity contribution is 7.09. The number of rotatable bonds is 6. The molecule has 4 aromatic rings. The maximum atomic E-state index is 13.0. The minimum atomic E-state index is -0.246. The van der Waals surface area contributed by atoms with Gasteiger partial charge in [-0.15, -0.1) is 11.3 Å². The van der Waals surface area contributed by atoms with E-state index in [1.807, 2.05) is 42.8 Å². The predicted molar refractivity (Wildman–Crippen MR) is 116 cm³/mol. The van der Waals surface area contributed by atoms with Crippen molar-refractivity contribution in [3.05, 3.63) is 50.9 Å². The SMILES string of the molecule is COCCN(C(=O)c1ccc2[nH]c(-c3nc4cscc4[nH]c3=O)cc2c1)C(C)C. The second kappa shape index (κ2) is 7.81. The summed E-state index contributed by atoms with van der Waals surface area (Å²) in [5.41, 5.74) is 3.65. The summed E-state index contributed by atoms with van der Waals surface area (Å²) < 4.78 is 5.13. The number of aromatic amines is 2. The Kier molecular flexibility index (Phi) is 5.21. The lowest BCUT2D eigenvalue weighted by atomic mass is 10.1. The fourth-order valence-corrected chi connectivity index (χ4v) is 4.04. The maximum Gasteiger partial charge on any atom is 0.276 e. The first kappa shape index (κ1) is 19.4. The molecular formula is C21H22N4O3S. The Labute approximate surface area is 171 Å². The summed E-state index contributed by atoms with van der Waals surface area (Å²) >= 11 is 1.49. The molecular weight excluding hydrogens is 388 g/mol. The van der Waals surface area contributed by atoms with Crippen LogP contribution in [0.25, 0.3) is 33.3 Å². The average Bonchev–Trinajstić information content (AvgIpc) is 3.32. The van der Waals surface area contributed by atoms with Gasteiger partial charge in [0.25, 0.3) is 11.5 Å². The van der Waals surface area contributed by atoms with Crippen LogP contribution in [0, 0.1) is 0 Å². The van der Waals surface area contributed by atoms with Crippen LogP contribution in [-0.4, -0.2) is 52.1 Å². The number of carbonyl (C=O) groups excluding carboxylic acids is 1. The fourth-order valence-electron chi connectivity index (χ4n) is 3.35. The highest BCUT2D eigenvalue weighted by Gasteiger charge is 2.19. The van der Waals surface area contributed by atoms with Gasteiger partial charge >= 0.3 is 0 Å². The van der Waals surface area contributed by atoms with E-state index < -0.39 is 0 Å². The first-order valence-electron chi connectivity index (χ1n) is 9.37. The smallest absolute Gasteiger partial charge is 0.276 e. The van der Waals surface area contributed by atoms with E-state index in [-0.39, 0.29) is 17.5 Å². The minimum absolute atomic E-state index is 0.0441. The van der Waals surface area contributed by atoms with Gasteiger partial charge in [-0.3, -0.25) is 9.59 Å². The Morgan fingerprint density at radius 2 is 2.03 bits per heavy atom. The lowest BCUT2D eigenvalue weighted by Gasteiger charge is -2.26. The van der Waals surface area contributed by atoms with Crippen molar-refractivity contribution in [1.82, 2.24) is 19.9 Å². The number of hydrogen-bond donors (Lipinski definition) is 2. The molecule has 3 heterocycles. The van der Waals surface area contributed by atoms with E-state index in [2.05, 4.69) is 15.0 Å². The number of carbonyl (C=O) groups is 1. The van der Waals surface area contributed by atoms with Gasteiger partial charge in [0.1, 0.15) is 0 Å². The number of aromatic nitrogens is 3. The molecule has 0 atom stereocenters. The predicted octanol–water partition coefficient (Wildman–Crippen LogP) is 3.63. The molecule has 7 nitrogen and oxygen atoms in total. The molecule has 0 aliphatic carbocycles. The molecule has 4 rings (SSSR count). The van der Waals surface area contributed by atoms with Gasteiger partial charge in [0.2, 0.25) is 0 Å². The molecule has 1 aromatic carbocycles. The van der Waals surface area contributed by atoms with Crippen LogP contribution in [0.5, 0.6) is 0 Å². The first-order valence-corrected chi connectivity index (χ1v) is 10.3. The second-order valence-electron chi connectivity index (χ2n) is 7.16. The van der Waals surface area contributed by atoms with Gasteiger partial charge in [-0.25, -0.2) is 4.98 Å². The zero-order valence-corrected chi connectivity index (χ0v) is 17.3. The number of fused-ring (bicyclic) bond motifs is 2. The molecule has 3 aromatic heterocycles. The lowest BCUT2D eigenvalue weighted by molar-refractivity contribution is 0.0635. The van der Waals surface area contributed by atoms with Crippen molar-refractivity contribution in [2.45, 2.75) is 19.9 Å². The van der Waals surface area contributed by atoms with E-state index in [1.54, 1.807) is 18.1 Å². The summed E-state index contributed by atoms with van der Waals surface area (Å²) in [6.07, 6.45) is 0. The summed E-state index contributed by atoms with van der Waals surface area (Å²) in [5, 5.41) is 4.61. The minimum Gasteiger partial charge on any atom is -0.383 e. The number of ether oxygens (including phenoxy) is 1. The highest BCUT2D eigenvalue weighted by Crippen LogP contribution is 2.24. The number of thiophene rings is 1. The number of nitrogens with zero attached hydrogens (tertiary/aromatic N) is 2. The number of benzene rings is 1. The van der Waals surface area contributed by atoms with Crippen molar-refractivity contribution in [3.8, 4) is 11.4 Å². The summed E-state index contributed by atoms with van der Waals surface area (Å²) in [5.74, 6) is -0.0441. The Hall–Kier alpha value is -2.97. The van der Waals surface area contributed by atoms with Crippen LogP contribution in [0.4, 0.5) is 0 Å². The van der Waals surface area contributed by atoms with E-state index in [1.165, 1.54) is 11.3 Å². The lowest BCUT2D eigenvalue weighted by Crippen LogP contribution is -2.39. The van der Waals surface area contributed by atoms with Crippen molar-refractivity contribution in [3.63, 3.8) is 0 Å². The Bertz CT molecular complexity index is 1240. The summed E-state index contributed by atoms with van der Waals surface area (Å²) in [6.45, 7) is 4.99. The van der Waals surface area contributed by atoms with Crippen molar-refractivity contribution in [1.29, 1.82) is 0 Å². The van der Waals surface area contributed by atoms with Crippen LogP contribution in [0.15, 0.2) is 39.8 Å². The third-order valence-corrected chi connectivity index (χ3v) is 5.61. The number of methoxy groups -OCH3 is 1. The standard InChI is InChI=1S/C21H22N4O3S/c1-12(2)25(6-7-28-3)21(27)13-4-5-15-14(8-13)9-16(22-15)19-20(26)24-18-11-29-10-17(18)23-19/h4-5,8-12,22H,6-7H2,1-3H3,(H,24,26). The first-order chi connectivity index (χ1) is 14.0. The fraction of sp³-hybridized carbons (Fsp3) is 0.286. The van der Waals surface area contributed by atoms with Crippen molar-refractivity contribution in [2.24, 2.45) is 0 Å². The number of nitrogens with one attached hydrogen (secondary N) is 2. The van der Waals surface area contributed by atoms with Crippen LogP contribution in [0.2, 0.25) is 0 Å². The third-order valence-electron chi connectivity index (χ3n) is 4.88. The molecule has 0 fully saturated rings. The zero-order chi connectivity index (χ0) is 20.5. The molecule has 2 N–H and O–H groups in total. The Balaban J connectivity index is 1.71. The summed E-state index contributed by atoms with van der Waals surface area (Å²) in [6, 6.07) is 7.43. The molecule has 1 amide bonds. The molecule has 0 unspecified atom stereocenters. The molecule has 0 aliphatic heterocycles. The maximum absolute atomic E-state index is 13.0. The van der Waals surface area contributed by atoms with Crippen molar-refractivity contribution in [2.75, 3.05) is 20.3 Å². The van der Waals surface area contributed by atoms with Crippen molar-refractivity contribution < 1.29 is 9.53 Å². The molecule has 0 radical (unpaired) electrons.